The van der Waals surface area contributed by atoms with Crippen LogP contribution in [-0.2, 0) is 4.79 Å². The predicted octanol–water partition coefficient (Wildman–Crippen LogP) is 0.645. The normalized spacial score (nSPS) is 10.4. The Hall–Kier alpha value is -1.10. The number of imide groups is 1. The Bertz CT molecular complexity index is 217. The van der Waals surface area contributed by atoms with Crippen molar-refractivity contribution in [3.8, 4) is 0 Å². The summed E-state index contributed by atoms with van der Waals surface area (Å²) >= 11 is 0. The van der Waals surface area contributed by atoms with E-state index >= 15 is 0 Å². The first-order valence-electron chi connectivity index (χ1n) is 5.16. The molecule has 0 heterocycles. The van der Waals surface area contributed by atoms with Crippen molar-refractivity contribution in [2.75, 3.05) is 27.7 Å². The Morgan fingerprint density at radius 2 is 1.67 bits per heavy atom. The summed E-state index contributed by atoms with van der Waals surface area (Å²) in [5.74, 6) is -0.202. The topological polar surface area (TPSA) is 66.6 Å². The molecule has 5 nitrogen and oxygen atoms in total. The third-order valence-electron chi connectivity index (χ3n) is 2.20. The number of nitrogens with two attached hydrogens (primary N) is 1. The highest BCUT2D eigenvalue weighted by molar-refractivity contribution is 5.93. The number of hydrogen-bond acceptors (Lipinski definition) is 3. The molecule has 3 amide bonds. The molecule has 0 fully saturated rings. The largest absolute Gasteiger partial charge is 0.351 e. The average molecular weight is 215 g/mol. The van der Waals surface area contributed by atoms with Gasteiger partial charge in [-0.3, -0.25) is 9.69 Å². The number of carbonyl (C=O) groups is 2. The number of nitrogens with zero attached hydrogens (tertiary/aromatic N) is 2. The van der Waals surface area contributed by atoms with Gasteiger partial charge >= 0.3 is 6.03 Å². The molecule has 0 unspecified atom stereocenters. The Morgan fingerprint density at radius 1 is 1.07 bits per heavy atom. The Balaban J connectivity index is 3.51. The maximum absolute atomic E-state index is 11.3. The summed E-state index contributed by atoms with van der Waals surface area (Å²) < 4.78 is 0. The Labute approximate surface area is 91.2 Å². The number of primary amides is 1. The van der Waals surface area contributed by atoms with Gasteiger partial charge in [-0.25, -0.2) is 4.79 Å². The van der Waals surface area contributed by atoms with Crippen LogP contribution < -0.4 is 5.73 Å². The molecular formula is C10H21N3O2. The van der Waals surface area contributed by atoms with E-state index in [4.69, 9.17) is 5.73 Å². The van der Waals surface area contributed by atoms with Gasteiger partial charge in [0.25, 0.3) is 0 Å². The smallest absolute Gasteiger partial charge is 0.321 e. The van der Waals surface area contributed by atoms with Gasteiger partial charge in [0.15, 0.2) is 0 Å². The van der Waals surface area contributed by atoms with E-state index in [2.05, 4.69) is 4.90 Å². The van der Waals surface area contributed by atoms with Crippen LogP contribution in [0.2, 0.25) is 0 Å². The summed E-state index contributed by atoms with van der Waals surface area (Å²) in [6.45, 7) is 1.03. The minimum Gasteiger partial charge on any atom is -0.351 e. The molecule has 0 aromatic carbocycles. The minimum absolute atomic E-state index is 0.202. The van der Waals surface area contributed by atoms with E-state index in [9.17, 15) is 9.59 Å². The summed E-state index contributed by atoms with van der Waals surface area (Å²) in [6.07, 6.45) is 3.27. The van der Waals surface area contributed by atoms with E-state index in [-0.39, 0.29) is 5.91 Å². The summed E-state index contributed by atoms with van der Waals surface area (Å²) in [6, 6.07) is -0.687. The van der Waals surface area contributed by atoms with Crippen LogP contribution in [0.1, 0.15) is 25.7 Å². The average Bonchev–Trinajstić information content (AvgIpc) is 2.15. The van der Waals surface area contributed by atoms with Crippen LogP contribution >= 0.6 is 0 Å². The highest BCUT2D eigenvalue weighted by atomic mass is 16.2. The van der Waals surface area contributed by atoms with Crippen molar-refractivity contribution in [2.45, 2.75) is 25.7 Å². The van der Waals surface area contributed by atoms with Gasteiger partial charge in [0.05, 0.1) is 0 Å². The van der Waals surface area contributed by atoms with Crippen LogP contribution in [0.4, 0.5) is 4.79 Å². The van der Waals surface area contributed by atoms with Crippen molar-refractivity contribution < 1.29 is 9.59 Å². The zero-order chi connectivity index (χ0) is 11.8. The molecule has 0 aliphatic rings. The van der Waals surface area contributed by atoms with Gasteiger partial charge in [-0.05, 0) is 33.5 Å². The monoisotopic (exact) mass is 215 g/mol. The fourth-order valence-corrected chi connectivity index (χ4v) is 1.17. The molecule has 15 heavy (non-hydrogen) atoms. The molecule has 0 aliphatic carbocycles. The maximum atomic E-state index is 11.3. The SMILES string of the molecule is CN(C)CCCCCC(=O)N(C)C(N)=O. The molecule has 0 rings (SSSR count). The van der Waals surface area contributed by atoms with E-state index in [0.717, 1.165) is 30.7 Å². The molecule has 0 spiro atoms. The van der Waals surface area contributed by atoms with Crippen LogP contribution in [0.5, 0.6) is 0 Å². The summed E-state index contributed by atoms with van der Waals surface area (Å²) in [7, 11) is 5.45. The zero-order valence-corrected chi connectivity index (χ0v) is 9.82. The van der Waals surface area contributed by atoms with Crippen LogP contribution in [0.25, 0.3) is 0 Å². The van der Waals surface area contributed by atoms with E-state index < -0.39 is 6.03 Å². The van der Waals surface area contributed by atoms with Crippen molar-refractivity contribution in [3.63, 3.8) is 0 Å². The van der Waals surface area contributed by atoms with Crippen molar-refractivity contribution in [1.82, 2.24) is 9.80 Å². The second-order valence-corrected chi connectivity index (χ2v) is 3.90. The zero-order valence-electron chi connectivity index (χ0n) is 9.82. The number of rotatable bonds is 6. The van der Waals surface area contributed by atoms with E-state index in [1.165, 1.54) is 7.05 Å². The van der Waals surface area contributed by atoms with Gasteiger partial charge < -0.3 is 10.6 Å². The summed E-state index contributed by atoms with van der Waals surface area (Å²) in [5, 5.41) is 0. The van der Waals surface area contributed by atoms with Gasteiger partial charge in [0, 0.05) is 13.5 Å². The Morgan fingerprint density at radius 3 is 2.13 bits per heavy atom. The molecule has 0 bridgehead atoms. The number of amides is 3. The second-order valence-electron chi connectivity index (χ2n) is 3.90. The molecule has 2 N–H and O–H groups in total. The molecule has 0 saturated heterocycles. The molecule has 88 valence electrons. The van der Waals surface area contributed by atoms with Crippen molar-refractivity contribution in [2.24, 2.45) is 5.73 Å². The molecule has 0 aromatic heterocycles. The lowest BCUT2D eigenvalue weighted by molar-refractivity contribution is -0.127. The van der Waals surface area contributed by atoms with Crippen molar-refractivity contribution in [1.29, 1.82) is 0 Å². The lowest BCUT2D eigenvalue weighted by atomic mass is 10.2. The van der Waals surface area contributed by atoms with Crippen LogP contribution in [0.15, 0.2) is 0 Å². The summed E-state index contributed by atoms with van der Waals surface area (Å²) in [4.78, 5) is 25.0. The number of unbranched alkanes of at least 4 members (excludes halogenated alkanes) is 2. The highest BCUT2D eigenvalue weighted by Crippen LogP contribution is 2.02. The van der Waals surface area contributed by atoms with Gasteiger partial charge in [-0.2, -0.15) is 0 Å². The van der Waals surface area contributed by atoms with Gasteiger partial charge in [-0.15, -0.1) is 0 Å². The lowest BCUT2D eigenvalue weighted by Gasteiger charge is -2.12. The number of urea groups is 1. The number of carbonyl (C=O) groups excluding carboxylic acids is 2. The highest BCUT2D eigenvalue weighted by Gasteiger charge is 2.12. The van der Waals surface area contributed by atoms with Crippen molar-refractivity contribution in [3.05, 3.63) is 0 Å². The van der Waals surface area contributed by atoms with E-state index in [1.807, 2.05) is 14.1 Å². The van der Waals surface area contributed by atoms with Crippen LogP contribution in [-0.4, -0.2) is 49.4 Å². The second kappa shape index (κ2) is 7.23. The third kappa shape index (κ3) is 6.90. The molecule has 0 aromatic rings. The van der Waals surface area contributed by atoms with Gasteiger partial charge in [0.1, 0.15) is 0 Å². The molecule has 0 radical (unpaired) electrons. The fraction of sp³-hybridized carbons (Fsp3) is 0.800. The van der Waals surface area contributed by atoms with Gasteiger partial charge in [0.2, 0.25) is 5.91 Å². The first-order chi connectivity index (χ1) is 6.95. The van der Waals surface area contributed by atoms with Crippen LogP contribution in [0, 0.1) is 0 Å². The first kappa shape index (κ1) is 13.9. The maximum Gasteiger partial charge on any atom is 0.321 e. The van der Waals surface area contributed by atoms with Crippen molar-refractivity contribution >= 4 is 11.9 Å². The third-order valence-corrected chi connectivity index (χ3v) is 2.20. The lowest BCUT2D eigenvalue weighted by Crippen LogP contribution is -2.37. The molecule has 5 heteroatoms. The molecule has 0 saturated carbocycles. The molecule has 0 atom stereocenters. The van der Waals surface area contributed by atoms with Crippen LogP contribution in [0.3, 0.4) is 0 Å². The summed E-state index contributed by atoms with van der Waals surface area (Å²) in [5.41, 5.74) is 4.97. The first-order valence-corrected chi connectivity index (χ1v) is 5.16. The standard InChI is InChI=1S/C10H21N3O2/c1-12(2)8-6-4-5-7-9(14)13(3)10(11)15/h4-8H2,1-3H3,(H2,11,15). The van der Waals surface area contributed by atoms with E-state index in [0.29, 0.717) is 6.42 Å². The van der Waals surface area contributed by atoms with E-state index in [1.54, 1.807) is 0 Å². The minimum atomic E-state index is -0.687. The Kier molecular flexibility index (Phi) is 6.70. The fourth-order valence-electron chi connectivity index (χ4n) is 1.17. The molecular weight excluding hydrogens is 194 g/mol. The predicted molar refractivity (Wildman–Crippen MR) is 59.4 cm³/mol. The quantitative estimate of drug-likeness (QED) is 0.661. The molecule has 0 aliphatic heterocycles. The number of hydrogen-bond donors (Lipinski definition) is 1. The van der Waals surface area contributed by atoms with Gasteiger partial charge in [-0.1, -0.05) is 6.42 Å².